The number of esters is 1. The lowest BCUT2D eigenvalue weighted by Gasteiger charge is -2.45. The largest absolute Gasteiger partial charge is 0.459 e. The van der Waals surface area contributed by atoms with Gasteiger partial charge in [-0.05, 0) is 19.9 Å². The zero-order valence-corrected chi connectivity index (χ0v) is 26.6. The molecule has 4 aliphatic rings. The van der Waals surface area contributed by atoms with Crippen LogP contribution in [0, 0.1) is 5.92 Å². The fourth-order valence-electron chi connectivity index (χ4n) is 6.05. The summed E-state index contributed by atoms with van der Waals surface area (Å²) in [7, 11) is 0. The minimum Gasteiger partial charge on any atom is -0.459 e. The number of hydrogen-bond acceptors (Lipinski definition) is 13. The number of ether oxygens (including phenoxy) is 5. The number of epoxide rings is 1. The van der Waals surface area contributed by atoms with Gasteiger partial charge in [-0.1, -0.05) is 48.6 Å². The first-order chi connectivity index (χ1) is 22.3. The molecule has 0 aromatic rings. The lowest BCUT2D eigenvalue weighted by molar-refractivity contribution is -0.306. The number of hydrogen-bond donors (Lipinski definition) is 7. The summed E-state index contributed by atoms with van der Waals surface area (Å²) in [4.78, 5) is 24.7. The van der Waals surface area contributed by atoms with Crippen molar-refractivity contribution in [1.82, 2.24) is 0 Å². The predicted molar refractivity (Wildman–Crippen MR) is 167 cm³/mol. The monoisotopic (exact) mass is 664 g/mol. The second kappa shape index (κ2) is 16.6. The van der Waals surface area contributed by atoms with Crippen molar-refractivity contribution < 1.29 is 58.8 Å². The van der Waals surface area contributed by atoms with Crippen LogP contribution < -0.4 is 11.5 Å². The van der Waals surface area contributed by atoms with Gasteiger partial charge in [0, 0.05) is 38.2 Å². The standard InChI is InChI=1S/C33H48N2O12/c1-18-10-8-6-4-3-5-7-9-11-21(45-32-30(40)28(34)29(39)19(2)44-32)15-25-27(31(35)41)22(37)17-33(42,47-25)16-20(36)14-24-23(46-24)12-13-26(38)43-18/h3-9,11-13,18-25,27-30,32,36-37,39-40,42H,10,14-17,34H2,1-2H3,(H2,35,41)/b4-3+,7-5+,8-6+,11-9+,13-12+/t18-,19-,20+,21+,22+,23-,24+,25+,27-,28+,29-,30+,32+,33-/m1/s1. The summed E-state index contributed by atoms with van der Waals surface area (Å²) in [5, 5.41) is 54.1. The average molecular weight is 665 g/mol. The van der Waals surface area contributed by atoms with Gasteiger partial charge in [-0.25, -0.2) is 4.79 Å². The predicted octanol–water partition coefficient (Wildman–Crippen LogP) is -0.480. The van der Waals surface area contributed by atoms with Crippen LogP contribution in [0.4, 0.5) is 0 Å². The lowest BCUT2D eigenvalue weighted by atomic mass is 9.82. The summed E-state index contributed by atoms with van der Waals surface area (Å²) >= 11 is 0. The van der Waals surface area contributed by atoms with Gasteiger partial charge in [0.05, 0.1) is 54.7 Å². The molecule has 0 radical (unpaired) electrons. The molecule has 0 saturated carbocycles. The molecule has 262 valence electrons. The Balaban J connectivity index is 1.58. The number of aliphatic hydroxyl groups excluding tert-OH is 4. The molecular formula is C33H48N2O12. The molecule has 0 aromatic carbocycles. The molecule has 3 fully saturated rings. The van der Waals surface area contributed by atoms with Crippen molar-refractivity contribution in [2.75, 3.05) is 0 Å². The highest BCUT2D eigenvalue weighted by Crippen LogP contribution is 2.39. The molecule has 14 nitrogen and oxygen atoms in total. The minimum absolute atomic E-state index is 0.104. The smallest absolute Gasteiger partial charge is 0.330 e. The maximum atomic E-state index is 12.5. The molecule has 4 rings (SSSR count). The Morgan fingerprint density at radius 1 is 0.936 bits per heavy atom. The van der Waals surface area contributed by atoms with Gasteiger partial charge in [0.1, 0.15) is 18.3 Å². The molecule has 0 spiro atoms. The molecule has 14 atom stereocenters. The second-order valence-electron chi connectivity index (χ2n) is 12.6. The third-order valence-electron chi connectivity index (χ3n) is 8.62. The molecular weight excluding hydrogens is 616 g/mol. The number of aliphatic hydroxyl groups is 5. The van der Waals surface area contributed by atoms with Crippen LogP contribution in [-0.4, -0.2) is 117 Å². The van der Waals surface area contributed by atoms with Crippen molar-refractivity contribution in [3.8, 4) is 0 Å². The average Bonchev–Trinajstić information content (AvgIpc) is 3.72. The van der Waals surface area contributed by atoms with E-state index in [0.29, 0.717) is 6.42 Å². The second-order valence-corrected chi connectivity index (χ2v) is 12.6. The van der Waals surface area contributed by atoms with E-state index in [-0.39, 0.29) is 25.4 Å². The van der Waals surface area contributed by atoms with E-state index in [1.807, 2.05) is 12.2 Å². The first-order valence-electron chi connectivity index (χ1n) is 16.0. The van der Waals surface area contributed by atoms with Crippen molar-refractivity contribution in [3.63, 3.8) is 0 Å². The topological polar surface area (TPSA) is 237 Å². The first kappa shape index (κ1) is 37.1. The van der Waals surface area contributed by atoms with Gasteiger partial charge in [0.25, 0.3) is 0 Å². The number of carbonyl (C=O) groups is 2. The molecule has 1 amide bonds. The molecule has 3 saturated heterocycles. The fourth-order valence-corrected chi connectivity index (χ4v) is 6.05. The van der Waals surface area contributed by atoms with Gasteiger partial charge in [-0.15, -0.1) is 0 Å². The third-order valence-corrected chi connectivity index (χ3v) is 8.62. The van der Waals surface area contributed by atoms with Gasteiger partial charge in [-0.2, -0.15) is 0 Å². The Labute approximate surface area is 273 Å². The highest BCUT2D eigenvalue weighted by atomic mass is 16.7. The van der Waals surface area contributed by atoms with Gasteiger partial charge in [-0.3, -0.25) is 4.79 Å². The Morgan fingerprint density at radius 3 is 2.36 bits per heavy atom. The van der Waals surface area contributed by atoms with Crippen LogP contribution in [0.15, 0.2) is 60.8 Å². The summed E-state index contributed by atoms with van der Waals surface area (Å²) in [6.45, 7) is 3.36. The highest BCUT2D eigenvalue weighted by molar-refractivity contribution is 5.82. The third kappa shape index (κ3) is 10.6. The number of cyclic esters (lactones) is 1. The van der Waals surface area contributed by atoms with Gasteiger partial charge in [0.15, 0.2) is 12.1 Å². The van der Waals surface area contributed by atoms with Gasteiger partial charge in [0.2, 0.25) is 5.91 Å². The summed E-state index contributed by atoms with van der Waals surface area (Å²) in [5.74, 6) is -4.66. The Hall–Kier alpha value is -2.76. The van der Waals surface area contributed by atoms with Crippen LogP contribution in [0.3, 0.4) is 0 Å². The summed E-state index contributed by atoms with van der Waals surface area (Å²) in [6.07, 6.45) is 6.16. The fraction of sp³-hybridized carbons (Fsp3) is 0.636. The summed E-state index contributed by atoms with van der Waals surface area (Å²) in [6, 6.07) is -1.06. The van der Waals surface area contributed by atoms with Gasteiger partial charge < -0.3 is 60.7 Å². The highest BCUT2D eigenvalue weighted by Gasteiger charge is 2.51. The van der Waals surface area contributed by atoms with Crippen molar-refractivity contribution >= 4 is 11.9 Å². The molecule has 0 unspecified atom stereocenters. The number of amides is 1. The molecule has 4 heterocycles. The molecule has 14 heteroatoms. The Morgan fingerprint density at radius 2 is 1.64 bits per heavy atom. The van der Waals surface area contributed by atoms with Crippen molar-refractivity contribution in [2.24, 2.45) is 17.4 Å². The Bertz CT molecular complexity index is 1220. The van der Waals surface area contributed by atoms with E-state index < -0.39 is 97.3 Å². The van der Waals surface area contributed by atoms with E-state index in [2.05, 4.69) is 0 Å². The van der Waals surface area contributed by atoms with Crippen LogP contribution in [0.1, 0.15) is 46.0 Å². The summed E-state index contributed by atoms with van der Waals surface area (Å²) < 4.78 is 28.7. The van der Waals surface area contributed by atoms with E-state index in [1.54, 1.807) is 56.4 Å². The normalized spacial score (nSPS) is 47.2. The minimum atomic E-state index is -2.04. The molecule has 47 heavy (non-hydrogen) atoms. The van der Waals surface area contributed by atoms with Crippen LogP contribution in [-0.2, 0) is 33.3 Å². The zero-order valence-electron chi connectivity index (χ0n) is 26.6. The van der Waals surface area contributed by atoms with Crippen LogP contribution in [0.2, 0.25) is 0 Å². The number of nitrogens with two attached hydrogens (primary N) is 2. The maximum absolute atomic E-state index is 12.5. The number of carbonyl (C=O) groups excluding carboxylic acids is 2. The zero-order chi connectivity index (χ0) is 34.3. The lowest BCUT2D eigenvalue weighted by Crippen LogP contribution is -2.61. The van der Waals surface area contributed by atoms with Crippen molar-refractivity contribution in [1.29, 1.82) is 0 Å². The van der Waals surface area contributed by atoms with E-state index in [9.17, 15) is 35.1 Å². The summed E-state index contributed by atoms with van der Waals surface area (Å²) in [5.41, 5.74) is 11.6. The maximum Gasteiger partial charge on any atom is 0.330 e. The van der Waals surface area contributed by atoms with Crippen LogP contribution >= 0.6 is 0 Å². The molecule has 4 aliphatic heterocycles. The first-order valence-corrected chi connectivity index (χ1v) is 16.0. The molecule has 2 bridgehead atoms. The van der Waals surface area contributed by atoms with E-state index in [4.69, 9.17) is 35.2 Å². The van der Waals surface area contributed by atoms with E-state index in [1.165, 1.54) is 6.08 Å². The molecule has 0 aliphatic carbocycles. The number of allylic oxidation sites excluding steroid dienone is 6. The van der Waals surface area contributed by atoms with E-state index in [0.717, 1.165) is 0 Å². The van der Waals surface area contributed by atoms with Gasteiger partial charge >= 0.3 is 5.97 Å². The van der Waals surface area contributed by atoms with Crippen LogP contribution in [0.25, 0.3) is 0 Å². The SMILES string of the molecule is C[C@@H]1C/C=C/C=C/C=C/C=C/[C@H](O[C@@H]2O[C@H](C)[C@@H](O)[C@H](N)[C@@H]2O)C[C@@H]2O[C@](O)(C[C@@H](O)C[C@@H]3O[C@@H]3/C=C/C(=O)O1)C[C@H](O)[C@H]2C(N)=O. The molecule has 9 N–H and O–H groups in total. The number of primary amides is 1. The van der Waals surface area contributed by atoms with Crippen molar-refractivity contribution in [2.45, 2.75) is 125 Å². The van der Waals surface area contributed by atoms with Crippen LogP contribution in [0.5, 0.6) is 0 Å². The quantitative estimate of drug-likeness (QED) is 0.149. The van der Waals surface area contributed by atoms with E-state index >= 15 is 0 Å². The number of rotatable bonds is 3. The molecule has 0 aromatic heterocycles. The Kier molecular flexibility index (Phi) is 13.1. The number of fused-ring (bicyclic) bond motifs is 3. The van der Waals surface area contributed by atoms with Crippen molar-refractivity contribution in [3.05, 3.63) is 60.8 Å².